The van der Waals surface area contributed by atoms with Crippen molar-refractivity contribution in [3.05, 3.63) is 71.5 Å². The van der Waals surface area contributed by atoms with Gasteiger partial charge < -0.3 is 4.42 Å². The lowest BCUT2D eigenvalue weighted by atomic mass is 10.00. The van der Waals surface area contributed by atoms with Gasteiger partial charge in [0, 0.05) is 11.8 Å². The third-order valence-corrected chi connectivity index (χ3v) is 3.71. The first-order chi connectivity index (χ1) is 10.1. The molecular formula is C19H18O2. The van der Waals surface area contributed by atoms with Gasteiger partial charge in [0.05, 0.1) is 0 Å². The van der Waals surface area contributed by atoms with Crippen LogP contribution in [0, 0.1) is 0 Å². The maximum Gasteiger partial charge on any atom is 0.202 e. The van der Waals surface area contributed by atoms with Crippen LogP contribution in [0.1, 0.15) is 41.4 Å². The quantitative estimate of drug-likeness (QED) is 0.630. The summed E-state index contributed by atoms with van der Waals surface area (Å²) in [5.41, 5.74) is 3.07. The highest BCUT2D eigenvalue weighted by molar-refractivity contribution is 5.98. The number of para-hydroxylation sites is 1. The molecule has 0 aliphatic heterocycles. The van der Waals surface area contributed by atoms with Crippen molar-refractivity contribution in [3.63, 3.8) is 0 Å². The van der Waals surface area contributed by atoms with Crippen LogP contribution in [-0.4, -0.2) is 5.78 Å². The van der Waals surface area contributed by atoms with Gasteiger partial charge in [-0.25, -0.2) is 0 Å². The molecule has 3 rings (SSSR count). The topological polar surface area (TPSA) is 30.2 Å². The number of hydrogen-bond donors (Lipinski definition) is 0. The van der Waals surface area contributed by atoms with Crippen molar-refractivity contribution in [1.29, 1.82) is 0 Å². The van der Waals surface area contributed by atoms with E-state index in [1.54, 1.807) is 0 Å². The lowest BCUT2D eigenvalue weighted by molar-refractivity contribution is 0.0968. The molecule has 0 spiro atoms. The van der Waals surface area contributed by atoms with E-state index in [1.807, 2.05) is 42.5 Å². The Morgan fingerprint density at radius 1 is 1.05 bits per heavy atom. The van der Waals surface area contributed by atoms with Gasteiger partial charge in [-0.15, -0.1) is 0 Å². The summed E-state index contributed by atoms with van der Waals surface area (Å²) in [5.74, 6) is 0.956. The van der Waals surface area contributed by atoms with Crippen LogP contribution in [0.4, 0.5) is 0 Å². The number of furan rings is 1. The van der Waals surface area contributed by atoms with Crippen molar-refractivity contribution in [2.45, 2.75) is 26.2 Å². The summed E-state index contributed by atoms with van der Waals surface area (Å²) in [6.07, 6.45) is 0.373. The first-order valence-electron chi connectivity index (χ1n) is 7.24. The van der Waals surface area contributed by atoms with Crippen LogP contribution in [-0.2, 0) is 6.42 Å². The Kier molecular flexibility index (Phi) is 3.61. The van der Waals surface area contributed by atoms with E-state index in [1.165, 1.54) is 5.56 Å². The van der Waals surface area contributed by atoms with Crippen LogP contribution in [0.15, 0.2) is 59.0 Å². The summed E-state index contributed by atoms with van der Waals surface area (Å²) in [6.45, 7) is 4.32. The number of carbonyl (C=O) groups is 1. The van der Waals surface area contributed by atoms with Gasteiger partial charge in [-0.3, -0.25) is 4.79 Å². The number of carbonyl (C=O) groups excluding carboxylic acids is 1. The minimum atomic E-state index is 0.0171. The van der Waals surface area contributed by atoms with Crippen molar-refractivity contribution in [1.82, 2.24) is 0 Å². The first kappa shape index (κ1) is 13.6. The van der Waals surface area contributed by atoms with E-state index in [0.717, 1.165) is 16.5 Å². The zero-order valence-electron chi connectivity index (χ0n) is 12.3. The lowest BCUT2D eigenvalue weighted by Crippen LogP contribution is -2.02. The largest absolute Gasteiger partial charge is 0.453 e. The van der Waals surface area contributed by atoms with Gasteiger partial charge in [0.15, 0.2) is 5.76 Å². The van der Waals surface area contributed by atoms with Crippen LogP contribution < -0.4 is 0 Å². The molecule has 0 amide bonds. The van der Waals surface area contributed by atoms with Crippen LogP contribution in [0.2, 0.25) is 0 Å². The van der Waals surface area contributed by atoms with Gasteiger partial charge in [0.2, 0.25) is 5.78 Å². The van der Waals surface area contributed by atoms with E-state index in [9.17, 15) is 4.79 Å². The molecule has 2 aromatic carbocycles. The van der Waals surface area contributed by atoms with Gasteiger partial charge in [-0.1, -0.05) is 56.3 Å². The highest BCUT2D eigenvalue weighted by Crippen LogP contribution is 2.21. The third-order valence-electron chi connectivity index (χ3n) is 3.71. The van der Waals surface area contributed by atoms with Crippen molar-refractivity contribution in [3.8, 4) is 0 Å². The highest BCUT2D eigenvalue weighted by atomic mass is 16.3. The predicted molar refractivity (Wildman–Crippen MR) is 84.8 cm³/mol. The molecule has 0 radical (unpaired) electrons. The summed E-state index contributed by atoms with van der Waals surface area (Å²) in [5, 5.41) is 0.969. The van der Waals surface area contributed by atoms with Gasteiger partial charge in [-0.2, -0.15) is 0 Å². The second kappa shape index (κ2) is 5.57. The van der Waals surface area contributed by atoms with E-state index in [-0.39, 0.29) is 5.78 Å². The van der Waals surface area contributed by atoms with Crippen LogP contribution >= 0.6 is 0 Å². The molecular weight excluding hydrogens is 260 g/mol. The molecule has 2 nitrogen and oxygen atoms in total. The summed E-state index contributed by atoms with van der Waals surface area (Å²) >= 11 is 0. The van der Waals surface area contributed by atoms with Gasteiger partial charge >= 0.3 is 0 Å². The normalized spacial score (nSPS) is 11.2. The Morgan fingerprint density at radius 3 is 2.43 bits per heavy atom. The fraction of sp³-hybridized carbons (Fsp3) is 0.211. The van der Waals surface area contributed by atoms with E-state index < -0.39 is 0 Å². The number of ketones is 1. The standard InChI is InChI=1S/C19H18O2/c1-13(2)15-9-7-14(8-10-15)11-17(20)19-12-16-5-3-4-6-18(16)21-19/h3-10,12-13H,11H2,1-2H3. The summed E-state index contributed by atoms with van der Waals surface area (Å²) < 4.78 is 5.61. The smallest absolute Gasteiger partial charge is 0.202 e. The number of hydrogen-bond acceptors (Lipinski definition) is 2. The molecule has 0 saturated carbocycles. The van der Waals surface area contributed by atoms with Gasteiger partial charge in [0.1, 0.15) is 5.58 Å². The number of Topliss-reactive ketones (excluding diaryl/α,β-unsaturated/α-hetero) is 1. The Labute approximate surface area is 124 Å². The molecule has 2 heteroatoms. The van der Waals surface area contributed by atoms with Gasteiger partial charge in [0.25, 0.3) is 0 Å². The molecule has 106 valence electrons. The predicted octanol–water partition coefficient (Wildman–Crippen LogP) is 4.98. The van der Waals surface area contributed by atoms with Crippen LogP contribution in [0.25, 0.3) is 11.0 Å². The Bertz CT molecular complexity index is 731. The maximum absolute atomic E-state index is 12.3. The summed E-state index contributed by atoms with van der Waals surface area (Å²) in [7, 11) is 0. The SMILES string of the molecule is CC(C)c1ccc(CC(=O)c2cc3ccccc3o2)cc1. The van der Waals surface area contributed by atoms with Crippen molar-refractivity contribution in [2.75, 3.05) is 0 Å². The molecule has 1 aromatic heterocycles. The van der Waals surface area contributed by atoms with Crippen molar-refractivity contribution >= 4 is 16.8 Å². The summed E-state index contributed by atoms with van der Waals surface area (Å²) in [4.78, 5) is 12.3. The molecule has 1 heterocycles. The molecule has 0 fully saturated rings. The second-order valence-corrected chi connectivity index (χ2v) is 5.64. The average molecular weight is 278 g/mol. The molecule has 0 unspecified atom stereocenters. The van der Waals surface area contributed by atoms with Crippen molar-refractivity contribution < 1.29 is 9.21 Å². The minimum Gasteiger partial charge on any atom is -0.453 e. The molecule has 0 aliphatic rings. The molecule has 21 heavy (non-hydrogen) atoms. The lowest BCUT2D eigenvalue weighted by Gasteiger charge is -2.06. The minimum absolute atomic E-state index is 0.0171. The number of fused-ring (bicyclic) bond motifs is 1. The summed E-state index contributed by atoms with van der Waals surface area (Å²) in [6, 6.07) is 17.7. The van der Waals surface area contributed by atoms with Crippen LogP contribution in [0.5, 0.6) is 0 Å². The van der Waals surface area contributed by atoms with Crippen molar-refractivity contribution in [2.24, 2.45) is 0 Å². The van der Waals surface area contributed by atoms with E-state index in [4.69, 9.17) is 4.42 Å². The molecule has 3 aromatic rings. The molecule has 0 N–H and O–H groups in total. The molecule has 0 bridgehead atoms. The zero-order valence-corrected chi connectivity index (χ0v) is 12.3. The fourth-order valence-corrected chi connectivity index (χ4v) is 2.41. The maximum atomic E-state index is 12.3. The monoisotopic (exact) mass is 278 g/mol. The fourth-order valence-electron chi connectivity index (χ4n) is 2.41. The molecule has 0 aliphatic carbocycles. The van der Waals surface area contributed by atoms with Gasteiger partial charge in [-0.05, 0) is 29.2 Å². The number of benzene rings is 2. The molecule has 0 saturated heterocycles. The van der Waals surface area contributed by atoms with E-state index in [0.29, 0.717) is 18.1 Å². The first-order valence-corrected chi connectivity index (χ1v) is 7.24. The highest BCUT2D eigenvalue weighted by Gasteiger charge is 2.13. The Morgan fingerprint density at radius 2 is 1.76 bits per heavy atom. The second-order valence-electron chi connectivity index (χ2n) is 5.64. The number of rotatable bonds is 4. The molecule has 0 atom stereocenters. The average Bonchev–Trinajstić information content (AvgIpc) is 2.92. The third kappa shape index (κ3) is 2.89. The Balaban J connectivity index is 1.79. The van der Waals surface area contributed by atoms with E-state index in [2.05, 4.69) is 26.0 Å². The van der Waals surface area contributed by atoms with Crippen LogP contribution in [0.3, 0.4) is 0 Å². The Hall–Kier alpha value is -2.35. The zero-order chi connectivity index (χ0) is 14.8. The van der Waals surface area contributed by atoms with E-state index >= 15 is 0 Å².